The fraction of sp³-hybridized carbons (Fsp3) is 0.800. The first-order valence-electron chi connectivity index (χ1n) is 3.79. The van der Waals surface area contributed by atoms with Crippen LogP contribution in [0.25, 0.3) is 0 Å². The Bertz CT molecular complexity index is 157. The summed E-state index contributed by atoms with van der Waals surface area (Å²) in [6.45, 7) is 1.42. The molecule has 0 aliphatic heterocycles. The van der Waals surface area contributed by atoms with Crippen molar-refractivity contribution in [3.63, 3.8) is 0 Å². The molecule has 0 amide bonds. The second-order valence-electron chi connectivity index (χ2n) is 2.40. The van der Waals surface area contributed by atoms with E-state index in [1.54, 1.807) is 0 Å². The SMILES string of the molecule is [B]CON[C@H](CNB(C)O)C(=O)O. The molecule has 0 aromatic heterocycles. The highest BCUT2D eigenvalue weighted by atomic mass is 16.6. The predicted molar refractivity (Wildman–Crippen MR) is 48.1 cm³/mol. The molecule has 0 fully saturated rings. The van der Waals surface area contributed by atoms with Gasteiger partial charge in [0.2, 0.25) is 0 Å². The van der Waals surface area contributed by atoms with Gasteiger partial charge >= 0.3 is 13.0 Å². The van der Waals surface area contributed by atoms with Gasteiger partial charge in [-0.05, 0) is 6.82 Å². The molecule has 0 aromatic carbocycles. The number of rotatable bonds is 7. The van der Waals surface area contributed by atoms with Crippen LogP contribution < -0.4 is 10.7 Å². The van der Waals surface area contributed by atoms with Crippen molar-refractivity contribution in [1.82, 2.24) is 10.7 Å². The van der Waals surface area contributed by atoms with Crippen LogP contribution in [0.15, 0.2) is 0 Å². The van der Waals surface area contributed by atoms with Crippen molar-refractivity contribution in [3.8, 4) is 0 Å². The Kier molecular flexibility index (Phi) is 6.61. The van der Waals surface area contributed by atoms with Gasteiger partial charge in [-0.3, -0.25) is 4.79 Å². The van der Waals surface area contributed by atoms with E-state index in [1.807, 2.05) is 0 Å². The Hall–Kier alpha value is -0.560. The monoisotopic (exact) mass is 186 g/mol. The highest BCUT2D eigenvalue weighted by Gasteiger charge is 2.17. The number of hydrogen-bond donors (Lipinski definition) is 4. The summed E-state index contributed by atoms with van der Waals surface area (Å²) in [7, 11) is 4.22. The molecule has 13 heavy (non-hydrogen) atoms. The average Bonchev–Trinajstić information content (AvgIpc) is 2.03. The maximum absolute atomic E-state index is 10.5. The summed E-state index contributed by atoms with van der Waals surface area (Å²) in [6, 6.07) is -0.932. The van der Waals surface area contributed by atoms with E-state index >= 15 is 0 Å². The zero-order valence-electron chi connectivity index (χ0n) is 7.36. The lowest BCUT2D eigenvalue weighted by atomic mass is 9.88. The summed E-state index contributed by atoms with van der Waals surface area (Å²) in [4.78, 5) is 15.0. The third kappa shape index (κ3) is 6.59. The summed E-state index contributed by atoms with van der Waals surface area (Å²) in [5.74, 6) is -1.08. The van der Waals surface area contributed by atoms with Gasteiger partial charge in [0.1, 0.15) is 13.9 Å². The van der Waals surface area contributed by atoms with Gasteiger partial charge in [0.25, 0.3) is 0 Å². The summed E-state index contributed by atoms with van der Waals surface area (Å²) in [5.41, 5.74) is 2.23. The molecular weight excluding hydrogens is 174 g/mol. The maximum atomic E-state index is 10.5. The van der Waals surface area contributed by atoms with Crippen molar-refractivity contribution in [2.75, 3.05) is 13.1 Å². The Labute approximate surface area is 78.1 Å². The highest BCUT2D eigenvalue weighted by Crippen LogP contribution is 1.82. The van der Waals surface area contributed by atoms with Crippen LogP contribution in [0, 0.1) is 0 Å². The number of carboxylic acid groups (broad SMARTS) is 1. The molecule has 6 nitrogen and oxygen atoms in total. The maximum Gasteiger partial charge on any atom is 0.373 e. The van der Waals surface area contributed by atoms with E-state index in [2.05, 4.69) is 15.5 Å². The Morgan fingerprint density at radius 2 is 2.38 bits per heavy atom. The lowest BCUT2D eigenvalue weighted by molar-refractivity contribution is -0.143. The van der Waals surface area contributed by atoms with Gasteiger partial charge in [0.15, 0.2) is 0 Å². The average molecular weight is 186 g/mol. The number of carbonyl (C=O) groups is 1. The van der Waals surface area contributed by atoms with Crippen molar-refractivity contribution in [1.29, 1.82) is 0 Å². The standard InChI is InChI=1S/C5H12B2N2O4/c1-7(12)8-2-4(5(10)11)9-13-3-6/h4,8-9,12H,2-3H2,1H3,(H,10,11)/t4-/m1/s1. The van der Waals surface area contributed by atoms with Crippen LogP contribution in [0.5, 0.6) is 0 Å². The van der Waals surface area contributed by atoms with Gasteiger partial charge in [-0.15, -0.1) is 0 Å². The normalized spacial score (nSPS) is 12.5. The summed E-state index contributed by atoms with van der Waals surface area (Å²) < 4.78 is 0. The number of aliphatic carboxylic acids is 1. The van der Waals surface area contributed by atoms with Crippen LogP contribution >= 0.6 is 0 Å². The van der Waals surface area contributed by atoms with Crippen LogP contribution in [0.2, 0.25) is 6.82 Å². The Morgan fingerprint density at radius 1 is 1.77 bits per heavy atom. The van der Waals surface area contributed by atoms with E-state index in [1.165, 1.54) is 6.82 Å². The van der Waals surface area contributed by atoms with Gasteiger partial charge in [0.05, 0.1) is 0 Å². The molecule has 0 heterocycles. The minimum atomic E-state index is -1.08. The molecule has 0 unspecified atom stereocenters. The first kappa shape index (κ1) is 12.4. The quantitative estimate of drug-likeness (QED) is 0.266. The third-order valence-electron chi connectivity index (χ3n) is 1.22. The summed E-state index contributed by atoms with van der Waals surface area (Å²) >= 11 is 0. The van der Waals surface area contributed by atoms with Crippen LogP contribution in [0.1, 0.15) is 0 Å². The number of nitrogens with one attached hydrogen (secondary N) is 2. The molecular formula is C5H12B2N2O4. The van der Waals surface area contributed by atoms with E-state index in [0.717, 1.165) is 0 Å². The minimum absolute atomic E-state index is 0.0486. The van der Waals surface area contributed by atoms with E-state index in [-0.39, 0.29) is 13.1 Å². The lowest BCUT2D eigenvalue weighted by Crippen LogP contribution is -2.48. The molecule has 72 valence electrons. The number of hydroxylamine groups is 1. The second-order valence-corrected chi connectivity index (χ2v) is 2.40. The predicted octanol–water partition coefficient (Wildman–Crippen LogP) is -2.21. The molecule has 0 aliphatic carbocycles. The zero-order valence-corrected chi connectivity index (χ0v) is 7.36. The fourth-order valence-corrected chi connectivity index (χ4v) is 0.616. The zero-order chi connectivity index (χ0) is 10.3. The molecule has 0 bridgehead atoms. The van der Waals surface area contributed by atoms with Crippen LogP contribution in [0.4, 0.5) is 0 Å². The Balaban J connectivity index is 3.74. The number of carboxylic acids is 1. The van der Waals surface area contributed by atoms with Gasteiger partial charge in [0, 0.05) is 13.1 Å². The summed E-state index contributed by atoms with van der Waals surface area (Å²) in [6.07, 6.45) is 0. The van der Waals surface area contributed by atoms with E-state index in [0.29, 0.717) is 0 Å². The molecule has 0 spiro atoms. The Morgan fingerprint density at radius 3 is 2.77 bits per heavy atom. The largest absolute Gasteiger partial charge is 0.480 e. The molecule has 0 aliphatic rings. The molecule has 0 aromatic rings. The molecule has 2 radical (unpaired) electrons. The molecule has 4 N–H and O–H groups in total. The van der Waals surface area contributed by atoms with E-state index in [9.17, 15) is 4.79 Å². The van der Waals surface area contributed by atoms with Gasteiger partial charge in [-0.2, -0.15) is 5.48 Å². The van der Waals surface area contributed by atoms with E-state index in [4.69, 9.17) is 18.0 Å². The fourth-order valence-electron chi connectivity index (χ4n) is 0.616. The number of hydrogen-bond acceptors (Lipinski definition) is 5. The van der Waals surface area contributed by atoms with E-state index < -0.39 is 19.1 Å². The second kappa shape index (κ2) is 6.90. The molecule has 0 saturated heterocycles. The molecule has 8 heteroatoms. The van der Waals surface area contributed by atoms with Crippen molar-refractivity contribution in [2.45, 2.75) is 12.9 Å². The van der Waals surface area contributed by atoms with Gasteiger partial charge in [-0.1, -0.05) is 0 Å². The smallest absolute Gasteiger partial charge is 0.373 e. The topological polar surface area (TPSA) is 90.8 Å². The third-order valence-corrected chi connectivity index (χ3v) is 1.22. The minimum Gasteiger partial charge on any atom is -0.480 e. The molecule has 0 rings (SSSR count). The van der Waals surface area contributed by atoms with Gasteiger partial charge < -0.3 is 20.2 Å². The van der Waals surface area contributed by atoms with Crippen LogP contribution in [0.3, 0.4) is 0 Å². The van der Waals surface area contributed by atoms with Crippen molar-refractivity contribution in [2.24, 2.45) is 0 Å². The molecule has 1 atom stereocenters. The van der Waals surface area contributed by atoms with Crippen LogP contribution in [-0.4, -0.2) is 50.1 Å². The first-order chi connectivity index (χ1) is 6.07. The first-order valence-corrected chi connectivity index (χ1v) is 3.79. The van der Waals surface area contributed by atoms with Crippen molar-refractivity contribution >= 4 is 20.9 Å². The molecule has 0 saturated carbocycles. The van der Waals surface area contributed by atoms with Gasteiger partial charge in [-0.25, -0.2) is 0 Å². The van der Waals surface area contributed by atoms with Crippen molar-refractivity contribution < 1.29 is 19.8 Å². The van der Waals surface area contributed by atoms with Crippen LogP contribution in [-0.2, 0) is 9.63 Å². The highest BCUT2D eigenvalue weighted by molar-refractivity contribution is 6.45. The lowest BCUT2D eigenvalue weighted by Gasteiger charge is -2.14. The summed E-state index contributed by atoms with van der Waals surface area (Å²) in [5, 5.41) is 19.9. The van der Waals surface area contributed by atoms with Crippen molar-refractivity contribution in [3.05, 3.63) is 0 Å².